The van der Waals surface area contributed by atoms with Gasteiger partial charge in [0, 0.05) is 0 Å². The maximum Gasteiger partial charge on any atom is 0.147 e. The Hall–Kier alpha value is -2.04. The summed E-state index contributed by atoms with van der Waals surface area (Å²) in [4.78, 5) is 0. The van der Waals surface area contributed by atoms with E-state index in [2.05, 4.69) is 0 Å². The molecule has 100 valence electrons. The maximum atomic E-state index is 9.13. The van der Waals surface area contributed by atoms with Gasteiger partial charge in [-0.15, -0.1) is 0 Å². The van der Waals surface area contributed by atoms with E-state index < -0.39 is 0 Å². The first kappa shape index (κ1) is 13.4. The van der Waals surface area contributed by atoms with Gasteiger partial charge in [-0.1, -0.05) is 24.3 Å². The van der Waals surface area contributed by atoms with Crippen LogP contribution >= 0.6 is 0 Å². The highest BCUT2D eigenvalue weighted by Gasteiger charge is 1.96. The molecule has 2 aromatic carbocycles. The minimum Gasteiger partial charge on any atom is -0.508 e. The van der Waals surface area contributed by atoms with Crippen LogP contribution in [0, 0.1) is 0 Å². The number of ether oxygens (including phenoxy) is 2. The Morgan fingerprint density at radius 1 is 0.632 bits per heavy atom. The molecule has 0 unspecified atom stereocenters. The lowest BCUT2D eigenvalue weighted by Gasteiger charge is -2.06. The summed E-state index contributed by atoms with van der Waals surface area (Å²) in [7, 11) is 0. The number of phenols is 2. The molecule has 19 heavy (non-hydrogen) atoms. The smallest absolute Gasteiger partial charge is 0.147 e. The molecule has 0 saturated heterocycles. The molecule has 0 saturated carbocycles. The maximum absolute atomic E-state index is 9.13. The van der Waals surface area contributed by atoms with E-state index in [9.17, 15) is 0 Å². The summed E-state index contributed by atoms with van der Waals surface area (Å²) in [6.45, 7) is 1.08. The van der Waals surface area contributed by atoms with Gasteiger partial charge < -0.3 is 19.7 Å². The van der Waals surface area contributed by atoms with E-state index in [-0.39, 0.29) is 18.3 Å². The number of phenolic OH excluding ortho intramolecular Hbond substituents is 2. The molecule has 0 heterocycles. The highest BCUT2D eigenvalue weighted by molar-refractivity contribution is 5.26. The summed E-state index contributed by atoms with van der Waals surface area (Å²) >= 11 is 0. The van der Waals surface area contributed by atoms with Crippen LogP contribution in [0.5, 0.6) is 11.5 Å². The average molecular weight is 260 g/mol. The topological polar surface area (TPSA) is 58.9 Å². The Bertz CT molecular complexity index is 443. The van der Waals surface area contributed by atoms with Gasteiger partial charge in [-0.25, -0.2) is 0 Å². The zero-order valence-corrected chi connectivity index (χ0v) is 10.5. The van der Waals surface area contributed by atoms with Crippen LogP contribution in [0.25, 0.3) is 0 Å². The third-order valence-electron chi connectivity index (χ3n) is 2.58. The second-order valence-electron chi connectivity index (χ2n) is 4.15. The Morgan fingerprint density at radius 3 is 1.37 bits per heavy atom. The molecule has 0 aromatic heterocycles. The van der Waals surface area contributed by atoms with E-state index in [1.165, 1.54) is 0 Å². The molecule has 4 heteroatoms. The molecule has 2 N–H and O–H groups in total. The molecular formula is C15H16O4. The van der Waals surface area contributed by atoms with Crippen LogP contribution in [0.4, 0.5) is 0 Å². The summed E-state index contributed by atoms with van der Waals surface area (Å²) in [6.07, 6.45) is 0. The molecule has 0 aliphatic carbocycles. The number of aromatic hydroxyl groups is 2. The zero-order chi connectivity index (χ0) is 13.5. The molecule has 0 amide bonds. The van der Waals surface area contributed by atoms with Gasteiger partial charge in [0.2, 0.25) is 0 Å². The first-order chi connectivity index (χ1) is 9.24. The molecule has 0 aliphatic rings. The highest BCUT2D eigenvalue weighted by atomic mass is 16.7. The van der Waals surface area contributed by atoms with Gasteiger partial charge in [-0.05, 0) is 35.4 Å². The van der Waals surface area contributed by atoms with Gasteiger partial charge in [0.25, 0.3) is 0 Å². The number of rotatable bonds is 6. The average Bonchev–Trinajstić information content (AvgIpc) is 2.43. The van der Waals surface area contributed by atoms with Gasteiger partial charge in [-0.3, -0.25) is 0 Å². The van der Waals surface area contributed by atoms with E-state index in [1.807, 2.05) is 0 Å². The van der Waals surface area contributed by atoms with Gasteiger partial charge in [0.05, 0.1) is 13.2 Å². The van der Waals surface area contributed by atoms with Crippen LogP contribution in [0.2, 0.25) is 0 Å². The standard InChI is InChI=1S/C15H16O4/c16-14-5-1-12(2-6-14)9-18-11-19-10-13-3-7-15(17)8-4-13/h1-8,16-17H,9-11H2. The minimum atomic E-state index is 0.196. The van der Waals surface area contributed by atoms with Crippen LogP contribution in [0.3, 0.4) is 0 Å². The number of hydrogen-bond acceptors (Lipinski definition) is 4. The van der Waals surface area contributed by atoms with Crippen molar-refractivity contribution in [3.05, 3.63) is 59.7 Å². The molecule has 0 aliphatic heterocycles. The van der Waals surface area contributed by atoms with Crippen molar-refractivity contribution in [1.29, 1.82) is 0 Å². The van der Waals surface area contributed by atoms with Crippen molar-refractivity contribution in [3.63, 3.8) is 0 Å². The van der Waals surface area contributed by atoms with E-state index in [1.54, 1.807) is 48.5 Å². The Labute approximate surface area is 111 Å². The molecule has 0 bridgehead atoms. The third-order valence-corrected chi connectivity index (χ3v) is 2.58. The van der Waals surface area contributed by atoms with Crippen LogP contribution in [0.15, 0.2) is 48.5 Å². The van der Waals surface area contributed by atoms with Crippen molar-refractivity contribution < 1.29 is 19.7 Å². The Balaban J connectivity index is 1.64. The summed E-state index contributed by atoms with van der Waals surface area (Å²) in [6, 6.07) is 13.7. The highest BCUT2D eigenvalue weighted by Crippen LogP contribution is 2.11. The lowest BCUT2D eigenvalue weighted by molar-refractivity contribution is -0.0689. The van der Waals surface area contributed by atoms with E-state index in [0.29, 0.717) is 13.2 Å². The van der Waals surface area contributed by atoms with Crippen molar-refractivity contribution in [2.24, 2.45) is 0 Å². The largest absolute Gasteiger partial charge is 0.508 e. The quantitative estimate of drug-likeness (QED) is 0.619. The second-order valence-corrected chi connectivity index (χ2v) is 4.15. The first-order valence-corrected chi connectivity index (χ1v) is 5.95. The lowest BCUT2D eigenvalue weighted by Crippen LogP contribution is -2.00. The molecule has 0 atom stereocenters. The summed E-state index contributed by atoms with van der Waals surface area (Å²) in [5.41, 5.74) is 1.96. The van der Waals surface area contributed by atoms with Gasteiger partial charge in [-0.2, -0.15) is 0 Å². The summed E-state index contributed by atoms with van der Waals surface area (Å²) in [5, 5.41) is 18.3. The molecule has 0 fully saturated rings. The number of hydrogen-bond donors (Lipinski definition) is 2. The summed E-state index contributed by atoms with van der Waals surface area (Å²) in [5.74, 6) is 0.486. The predicted molar refractivity (Wildman–Crippen MR) is 70.7 cm³/mol. The predicted octanol–water partition coefficient (Wildman–Crippen LogP) is 2.79. The molecule has 4 nitrogen and oxygen atoms in total. The summed E-state index contributed by atoms with van der Waals surface area (Å²) < 4.78 is 10.7. The Morgan fingerprint density at radius 2 is 1.00 bits per heavy atom. The second kappa shape index (κ2) is 6.78. The normalized spacial score (nSPS) is 10.5. The van der Waals surface area contributed by atoms with E-state index >= 15 is 0 Å². The third kappa shape index (κ3) is 4.62. The van der Waals surface area contributed by atoms with Gasteiger partial charge >= 0.3 is 0 Å². The van der Waals surface area contributed by atoms with Crippen molar-refractivity contribution >= 4 is 0 Å². The van der Waals surface area contributed by atoms with Crippen molar-refractivity contribution in [2.75, 3.05) is 6.79 Å². The van der Waals surface area contributed by atoms with Crippen molar-refractivity contribution in [1.82, 2.24) is 0 Å². The fraction of sp³-hybridized carbons (Fsp3) is 0.200. The zero-order valence-electron chi connectivity index (χ0n) is 10.5. The molecule has 0 radical (unpaired) electrons. The minimum absolute atomic E-state index is 0.196. The number of benzene rings is 2. The SMILES string of the molecule is Oc1ccc(COCOCc2ccc(O)cc2)cc1. The van der Waals surface area contributed by atoms with E-state index in [0.717, 1.165) is 11.1 Å². The molecule has 0 spiro atoms. The van der Waals surface area contributed by atoms with Crippen molar-refractivity contribution in [3.8, 4) is 11.5 Å². The first-order valence-electron chi connectivity index (χ1n) is 5.95. The van der Waals surface area contributed by atoms with Crippen LogP contribution in [-0.4, -0.2) is 17.0 Å². The van der Waals surface area contributed by atoms with Crippen molar-refractivity contribution in [2.45, 2.75) is 13.2 Å². The van der Waals surface area contributed by atoms with Crippen LogP contribution < -0.4 is 0 Å². The fourth-order valence-corrected chi connectivity index (χ4v) is 1.56. The van der Waals surface area contributed by atoms with Gasteiger partial charge in [0.15, 0.2) is 0 Å². The Kier molecular flexibility index (Phi) is 4.78. The monoisotopic (exact) mass is 260 g/mol. The van der Waals surface area contributed by atoms with Crippen LogP contribution in [0.1, 0.15) is 11.1 Å². The fourth-order valence-electron chi connectivity index (χ4n) is 1.56. The molecule has 2 rings (SSSR count). The molecule has 2 aromatic rings. The van der Waals surface area contributed by atoms with Crippen LogP contribution in [-0.2, 0) is 22.7 Å². The molecular weight excluding hydrogens is 244 g/mol. The van der Waals surface area contributed by atoms with Gasteiger partial charge in [0.1, 0.15) is 18.3 Å². The lowest BCUT2D eigenvalue weighted by atomic mass is 10.2. The van der Waals surface area contributed by atoms with E-state index in [4.69, 9.17) is 19.7 Å².